The van der Waals surface area contributed by atoms with Gasteiger partial charge >= 0.3 is 11.7 Å². The third-order valence-corrected chi connectivity index (χ3v) is 7.13. The van der Waals surface area contributed by atoms with Gasteiger partial charge in [-0.1, -0.05) is 12.1 Å². The molecule has 2 aromatic rings. The zero-order valence-corrected chi connectivity index (χ0v) is 21.5. The lowest BCUT2D eigenvalue weighted by Crippen LogP contribution is -2.49. The first-order valence-corrected chi connectivity index (χ1v) is 12.2. The number of carbonyl (C=O) groups excluding carboxylic acids is 1. The number of aromatic nitrogens is 2. The molecule has 35 heavy (non-hydrogen) atoms. The van der Waals surface area contributed by atoms with Crippen molar-refractivity contribution in [3.8, 4) is 5.69 Å². The van der Waals surface area contributed by atoms with E-state index in [9.17, 15) is 9.59 Å². The molecule has 4 rings (SSSR count). The average molecular weight is 504 g/mol. The van der Waals surface area contributed by atoms with Crippen molar-refractivity contribution in [3.05, 3.63) is 52.6 Å². The van der Waals surface area contributed by atoms with Gasteiger partial charge in [-0.15, -0.1) is 12.4 Å². The van der Waals surface area contributed by atoms with E-state index in [-0.39, 0.29) is 29.8 Å². The topological polar surface area (TPSA) is 123 Å². The van der Waals surface area contributed by atoms with Gasteiger partial charge in [-0.05, 0) is 82.3 Å². The number of hydrogen-bond acceptors (Lipinski definition) is 6. The number of amides is 2. The molecule has 0 saturated carbocycles. The largest absolute Gasteiger partial charge is 0.354 e. The minimum atomic E-state index is -0.431. The number of benzene rings is 1. The zero-order valence-electron chi connectivity index (χ0n) is 20.7. The Morgan fingerprint density at radius 1 is 1.06 bits per heavy atom. The van der Waals surface area contributed by atoms with Crippen molar-refractivity contribution in [3.63, 3.8) is 0 Å². The summed E-state index contributed by atoms with van der Waals surface area (Å²) in [6, 6.07) is 9.67. The van der Waals surface area contributed by atoms with Gasteiger partial charge in [-0.2, -0.15) is 4.98 Å². The molecule has 192 valence electrons. The van der Waals surface area contributed by atoms with Crippen molar-refractivity contribution in [1.29, 1.82) is 0 Å². The SMILES string of the molecule is CC(C)(N)C1CCN(C(=O)Nc2ccn(-c3ccc(CN4CCC(N)CC4)cc3)c(=O)n2)CC1.Cl. The molecular formula is C25H38ClN7O2. The van der Waals surface area contributed by atoms with Gasteiger partial charge < -0.3 is 16.4 Å². The summed E-state index contributed by atoms with van der Waals surface area (Å²) in [6.07, 6.45) is 5.45. The molecule has 2 amide bonds. The lowest BCUT2D eigenvalue weighted by atomic mass is 9.81. The zero-order chi connectivity index (χ0) is 24.3. The number of nitrogens with zero attached hydrogens (tertiary/aromatic N) is 4. The van der Waals surface area contributed by atoms with E-state index in [1.807, 2.05) is 38.1 Å². The fourth-order valence-electron chi connectivity index (χ4n) is 4.82. The standard InChI is InChI=1S/C25H37N7O2.ClH/c1-25(2,27)19-7-14-31(15-8-19)23(33)28-22-11-16-32(24(34)29-22)21-5-3-18(4-6-21)17-30-12-9-20(26)10-13-30;/h3-6,11,16,19-20H,7-10,12-15,17,26-27H2,1-2H3,(H,28,29,33,34);1H. The fourth-order valence-corrected chi connectivity index (χ4v) is 4.82. The predicted molar refractivity (Wildman–Crippen MR) is 141 cm³/mol. The summed E-state index contributed by atoms with van der Waals surface area (Å²) < 4.78 is 1.48. The summed E-state index contributed by atoms with van der Waals surface area (Å²) >= 11 is 0. The number of halogens is 1. The summed E-state index contributed by atoms with van der Waals surface area (Å²) in [5.41, 5.74) is 13.5. The van der Waals surface area contributed by atoms with Crippen LogP contribution in [0.1, 0.15) is 45.1 Å². The molecule has 0 unspecified atom stereocenters. The molecule has 2 aliphatic rings. The van der Waals surface area contributed by atoms with Crippen molar-refractivity contribution in [2.75, 3.05) is 31.5 Å². The minimum Gasteiger partial charge on any atom is -0.328 e. The smallest absolute Gasteiger partial charge is 0.328 e. The first kappa shape index (κ1) is 27.1. The number of anilines is 1. The average Bonchev–Trinajstić information content (AvgIpc) is 2.81. The molecule has 0 atom stereocenters. The van der Waals surface area contributed by atoms with E-state index in [1.165, 1.54) is 10.1 Å². The van der Waals surface area contributed by atoms with Crippen molar-refractivity contribution in [2.45, 2.75) is 57.7 Å². The maximum atomic E-state index is 12.6. The normalized spacial score (nSPS) is 18.2. The minimum absolute atomic E-state index is 0. The predicted octanol–water partition coefficient (Wildman–Crippen LogP) is 2.56. The molecule has 0 radical (unpaired) electrons. The fraction of sp³-hybridized carbons (Fsp3) is 0.560. The second-order valence-electron chi connectivity index (χ2n) is 10.3. The summed E-state index contributed by atoms with van der Waals surface area (Å²) in [5, 5.41) is 2.76. The molecular weight excluding hydrogens is 466 g/mol. The molecule has 1 aromatic heterocycles. The number of nitrogens with one attached hydrogen (secondary N) is 1. The van der Waals surface area contributed by atoms with Gasteiger partial charge in [-0.25, -0.2) is 9.59 Å². The van der Waals surface area contributed by atoms with Gasteiger partial charge in [-0.3, -0.25) is 14.8 Å². The van der Waals surface area contributed by atoms with E-state index in [2.05, 4.69) is 15.2 Å². The highest BCUT2D eigenvalue weighted by atomic mass is 35.5. The second kappa shape index (κ2) is 11.5. The van der Waals surface area contributed by atoms with Crippen LogP contribution < -0.4 is 22.5 Å². The van der Waals surface area contributed by atoms with Crippen molar-refractivity contribution in [2.24, 2.45) is 17.4 Å². The lowest BCUT2D eigenvalue weighted by Gasteiger charge is -2.38. The summed E-state index contributed by atoms with van der Waals surface area (Å²) in [5.74, 6) is 0.649. The first-order valence-electron chi connectivity index (χ1n) is 12.2. The number of likely N-dealkylation sites (tertiary alicyclic amines) is 2. The molecule has 0 spiro atoms. The van der Waals surface area contributed by atoms with Crippen LogP contribution in [0.3, 0.4) is 0 Å². The Hall–Kier alpha value is -2.46. The number of hydrogen-bond donors (Lipinski definition) is 3. The van der Waals surface area contributed by atoms with Gasteiger partial charge in [0.2, 0.25) is 0 Å². The molecule has 3 heterocycles. The highest BCUT2D eigenvalue weighted by Gasteiger charge is 2.31. The maximum absolute atomic E-state index is 12.6. The lowest BCUT2D eigenvalue weighted by molar-refractivity contribution is 0.156. The van der Waals surface area contributed by atoms with Crippen LogP contribution in [-0.4, -0.2) is 63.1 Å². The highest BCUT2D eigenvalue weighted by Crippen LogP contribution is 2.26. The van der Waals surface area contributed by atoms with Crippen LogP contribution in [0.25, 0.3) is 5.69 Å². The van der Waals surface area contributed by atoms with Gasteiger partial charge in [0.25, 0.3) is 0 Å². The van der Waals surface area contributed by atoms with Crippen LogP contribution in [0.5, 0.6) is 0 Å². The molecule has 9 nitrogen and oxygen atoms in total. The van der Waals surface area contributed by atoms with E-state index in [0.717, 1.165) is 51.0 Å². The molecule has 1 aromatic carbocycles. The molecule has 2 saturated heterocycles. The second-order valence-corrected chi connectivity index (χ2v) is 10.3. The van der Waals surface area contributed by atoms with E-state index in [0.29, 0.717) is 25.0 Å². The Bertz CT molecular complexity index is 1040. The first-order chi connectivity index (χ1) is 16.2. The maximum Gasteiger partial charge on any atom is 0.354 e. The van der Waals surface area contributed by atoms with Crippen LogP contribution in [0.15, 0.2) is 41.3 Å². The van der Waals surface area contributed by atoms with Crippen LogP contribution >= 0.6 is 12.4 Å². The number of rotatable bonds is 5. The molecule has 0 aliphatic carbocycles. The summed E-state index contributed by atoms with van der Waals surface area (Å²) in [4.78, 5) is 33.5. The van der Waals surface area contributed by atoms with E-state index in [1.54, 1.807) is 17.2 Å². The summed E-state index contributed by atoms with van der Waals surface area (Å²) in [7, 11) is 0. The third-order valence-electron chi connectivity index (χ3n) is 7.13. The quantitative estimate of drug-likeness (QED) is 0.576. The van der Waals surface area contributed by atoms with E-state index in [4.69, 9.17) is 11.5 Å². The Kier molecular flexibility index (Phi) is 8.93. The summed E-state index contributed by atoms with van der Waals surface area (Å²) in [6.45, 7) is 8.27. The molecule has 0 bridgehead atoms. The van der Waals surface area contributed by atoms with E-state index < -0.39 is 5.69 Å². The van der Waals surface area contributed by atoms with Crippen LogP contribution in [0.2, 0.25) is 0 Å². The highest BCUT2D eigenvalue weighted by molar-refractivity contribution is 5.88. The molecule has 2 fully saturated rings. The Morgan fingerprint density at radius 3 is 2.26 bits per heavy atom. The Morgan fingerprint density at radius 2 is 1.69 bits per heavy atom. The Labute approximate surface area is 213 Å². The Balaban J connectivity index is 0.00000342. The number of piperidine rings is 2. The molecule has 5 N–H and O–H groups in total. The van der Waals surface area contributed by atoms with Crippen LogP contribution in [0, 0.1) is 5.92 Å². The van der Waals surface area contributed by atoms with Crippen LogP contribution in [0.4, 0.5) is 10.6 Å². The van der Waals surface area contributed by atoms with Gasteiger partial charge in [0.05, 0.1) is 5.69 Å². The van der Waals surface area contributed by atoms with Gasteiger partial charge in [0, 0.05) is 37.4 Å². The number of carbonyl (C=O) groups is 1. The van der Waals surface area contributed by atoms with Crippen molar-refractivity contribution >= 4 is 24.3 Å². The number of urea groups is 1. The third kappa shape index (κ3) is 7.04. The van der Waals surface area contributed by atoms with Gasteiger partial charge in [0.15, 0.2) is 0 Å². The molecule has 2 aliphatic heterocycles. The van der Waals surface area contributed by atoms with Crippen LogP contribution in [-0.2, 0) is 6.54 Å². The van der Waals surface area contributed by atoms with Gasteiger partial charge in [0.1, 0.15) is 5.82 Å². The monoisotopic (exact) mass is 503 g/mol. The van der Waals surface area contributed by atoms with Crippen molar-refractivity contribution < 1.29 is 4.79 Å². The van der Waals surface area contributed by atoms with E-state index >= 15 is 0 Å². The van der Waals surface area contributed by atoms with Crippen molar-refractivity contribution in [1.82, 2.24) is 19.4 Å². The number of nitrogens with two attached hydrogens (primary N) is 2. The molecule has 10 heteroatoms.